The molecule has 0 aliphatic heterocycles. The highest BCUT2D eigenvalue weighted by atomic mass is 79.9. The molecule has 0 fully saturated rings. The van der Waals surface area contributed by atoms with Crippen molar-refractivity contribution in [2.45, 2.75) is 13.2 Å². The molecule has 0 radical (unpaired) electrons. The molecule has 0 unspecified atom stereocenters. The van der Waals surface area contributed by atoms with Crippen LogP contribution in [-0.2, 0) is 20.2 Å². The molecule has 158 valence electrons. The third-order valence-electron chi connectivity index (χ3n) is 5.02. The van der Waals surface area contributed by atoms with Crippen LogP contribution in [0.5, 0.6) is 11.5 Å². The van der Waals surface area contributed by atoms with Crippen molar-refractivity contribution < 1.29 is 9.47 Å². The van der Waals surface area contributed by atoms with Gasteiger partial charge in [-0.25, -0.2) is 4.98 Å². The van der Waals surface area contributed by atoms with Crippen LogP contribution in [0.1, 0.15) is 11.1 Å². The van der Waals surface area contributed by atoms with E-state index in [4.69, 9.17) is 9.47 Å². The Morgan fingerprint density at radius 1 is 0.935 bits per heavy atom. The molecule has 4 rings (SSSR count). The number of imidazole rings is 1. The molecule has 3 aromatic carbocycles. The summed E-state index contributed by atoms with van der Waals surface area (Å²) in [5.74, 6) is 2.24. The predicted octanol–water partition coefficient (Wildman–Crippen LogP) is 6.05. The molecule has 0 saturated carbocycles. The Bertz CT molecular complexity index is 1160. The van der Waals surface area contributed by atoms with Gasteiger partial charge in [-0.05, 0) is 35.4 Å². The zero-order valence-corrected chi connectivity index (χ0v) is 19.1. The van der Waals surface area contributed by atoms with Crippen LogP contribution in [0.2, 0.25) is 0 Å². The van der Waals surface area contributed by atoms with Crippen LogP contribution in [0.3, 0.4) is 0 Å². The van der Waals surface area contributed by atoms with E-state index in [1.165, 1.54) is 0 Å². The van der Waals surface area contributed by atoms with Crippen molar-refractivity contribution in [3.05, 3.63) is 94.6 Å². The van der Waals surface area contributed by atoms with Gasteiger partial charge in [0.1, 0.15) is 6.61 Å². The number of rotatable bonds is 8. The number of halogens is 1. The van der Waals surface area contributed by atoms with Crippen LogP contribution in [0.4, 0.5) is 5.95 Å². The Morgan fingerprint density at radius 3 is 2.55 bits per heavy atom. The SMILES string of the molecule is COc1cc(CNc2ncc(-c3cccc(Br)c3)n2C)ccc1OCc1ccccc1. The van der Waals surface area contributed by atoms with E-state index < -0.39 is 0 Å². The Hall–Kier alpha value is -3.25. The normalized spacial score (nSPS) is 10.7. The van der Waals surface area contributed by atoms with Gasteiger partial charge in [-0.3, -0.25) is 0 Å². The third kappa shape index (κ3) is 5.09. The molecule has 1 aromatic heterocycles. The number of aromatic nitrogens is 2. The summed E-state index contributed by atoms with van der Waals surface area (Å²) >= 11 is 3.53. The first-order chi connectivity index (χ1) is 15.1. The van der Waals surface area contributed by atoms with Crippen molar-refractivity contribution in [1.29, 1.82) is 0 Å². The van der Waals surface area contributed by atoms with Crippen molar-refractivity contribution in [2.24, 2.45) is 7.05 Å². The summed E-state index contributed by atoms with van der Waals surface area (Å²) in [6.07, 6.45) is 1.88. The molecule has 0 bridgehead atoms. The maximum atomic E-state index is 5.95. The van der Waals surface area contributed by atoms with Crippen LogP contribution in [0.15, 0.2) is 83.5 Å². The maximum absolute atomic E-state index is 5.95. The Morgan fingerprint density at radius 2 is 1.77 bits per heavy atom. The van der Waals surface area contributed by atoms with Gasteiger partial charge in [0.05, 0.1) is 19.0 Å². The number of ether oxygens (including phenoxy) is 2. The molecule has 4 aromatic rings. The molecule has 0 spiro atoms. The zero-order valence-electron chi connectivity index (χ0n) is 17.5. The minimum absolute atomic E-state index is 0.500. The molecule has 0 aliphatic rings. The van der Waals surface area contributed by atoms with Gasteiger partial charge in [0.2, 0.25) is 5.95 Å². The van der Waals surface area contributed by atoms with Crippen molar-refractivity contribution in [3.8, 4) is 22.8 Å². The summed E-state index contributed by atoms with van der Waals surface area (Å²) in [5.41, 5.74) is 4.35. The van der Waals surface area contributed by atoms with Gasteiger partial charge in [0, 0.05) is 23.6 Å². The minimum Gasteiger partial charge on any atom is -0.493 e. The lowest BCUT2D eigenvalue weighted by Crippen LogP contribution is -2.06. The van der Waals surface area contributed by atoms with E-state index in [1.807, 2.05) is 73.9 Å². The molecule has 0 saturated heterocycles. The topological polar surface area (TPSA) is 48.3 Å². The van der Waals surface area contributed by atoms with Crippen LogP contribution >= 0.6 is 15.9 Å². The lowest BCUT2D eigenvalue weighted by atomic mass is 10.2. The van der Waals surface area contributed by atoms with Crippen LogP contribution in [0, 0.1) is 0 Å². The van der Waals surface area contributed by atoms with Crippen LogP contribution < -0.4 is 14.8 Å². The summed E-state index contributed by atoms with van der Waals surface area (Å²) in [6, 6.07) is 24.3. The monoisotopic (exact) mass is 477 g/mol. The maximum Gasteiger partial charge on any atom is 0.203 e. The van der Waals surface area contributed by atoms with Gasteiger partial charge in [-0.2, -0.15) is 0 Å². The fraction of sp³-hybridized carbons (Fsp3) is 0.160. The molecule has 31 heavy (non-hydrogen) atoms. The van der Waals surface area contributed by atoms with Gasteiger partial charge >= 0.3 is 0 Å². The van der Waals surface area contributed by atoms with Gasteiger partial charge in [0.15, 0.2) is 11.5 Å². The van der Waals surface area contributed by atoms with E-state index >= 15 is 0 Å². The first kappa shape index (κ1) is 21.0. The van der Waals surface area contributed by atoms with Gasteiger partial charge in [0.25, 0.3) is 0 Å². The van der Waals surface area contributed by atoms with E-state index in [2.05, 4.69) is 42.9 Å². The number of methoxy groups -OCH3 is 1. The zero-order chi connectivity index (χ0) is 21.6. The van der Waals surface area contributed by atoms with Gasteiger partial charge in [-0.15, -0.1) is 0 Å². The number of nitrogens with one attached hydrogen (secondary N) is 1. The predicted molar refractivity (Wildman–Crippen MR) is 127 cm³/mol. The summed E-state index contributed by atoms with van der Waals surface area (Å²) in [5, 5.41) is 3.41. The highest BCUT2D eigenvalue weighted by Crippen LogP contribution is 2.30. The van der Waals surface area contributed by atoms with Crippen LogP contribution in [0.25, 0.3) is 11.3 Å². The van der Waals surface area contributed by atoms with E-state index in [0.29, 0.717) is 18.9 Å². The molecule has 1 heterocycles. The molecule has 1 N–H and O–H groups in total. The molecular weight excluding hydrogens is 454 g/mol. The third-order valence-corrected chi connectivity index (χ3v) is 5.52. The first-order valence-corrected chi connectivity index (χ1v) is 10.8. The minimum atomic E-state index is 0.500. The van der Waals surface area contributed by atoms with E-state index in [-0.39, 0.29) is 0 Å². The summed E-state index contributed by atoms with van der Waals surface area (Å²) in [4.78, 5) is 4.54. The van der Waals surface area contributed by atoms with E-state index in [1.54, 1.807) is 7.11 Å². The molecule has 6 heteroatoms. The smallest absolute Gasteiger partial charge is 0.203 e. The average Bonchev–Trinajstić information content (AvgIpc) is 3.17. The van der Waals surface area contributed by atoms with Gasteiger partial charge in [-0.1, -0.05) is 64.5 Å². The largest absolute Gasteiger partial charge is 0.493 e. The number of anilines is 1. The van der Waals surface area contributed by atoms with Crippen LogP contribution in [-0.4, -0.2) is 16.7 Å². The average molecular weight is 478 g/mol. The number of benzene rings is 3. The van der Waals surface area contributed by atoms with Crippen molar-refractivity contribution in [1.82, 2.24) is 9.55 Å². The molecule has 0 atom stereocenters. The summed E-state index contributed by atoms with van der Waals surface area (Å²) in [7, 11) is 3.66. The Kier molecular flexibility index (Phi) is 6.57. The Balaban J connectivity index is 1.43. The van der Waals surface area contributed by atoms with Crippen molar-refractivity contribution >= 4 is 21.9 Å². The first-order valence-electron chi connectivity index (χ1n) is 9.99. The second-order valence-corrected chi connectivity index (χ2v) is 8.07. The lowest BCUT2D eigenvalue weighted by molar-refractivity contribution is 0.284. The summed E-state index contributed by atoms with van der Waals surface area (Å²) < 4.78 is 14.6. The fourth-order valence-electron chi connectivity index (χ4n) is 3.35. The second kappa shape index (κ2) is 9.71. The molecule has 0 aliphatic carbocycles. The summed E-state index contributed by atoms with van der Waals surface area (Å²) in [6.45, 7) is 1.12. The fourth-order valence-corrected chi connectivity index (χ4v) is 3.75. The second-order valence-electron chi connectivity index (χ2n) is 7.15. The quantitative estimate of drug-likeness (QED) is 0.335. The molecular formula is C25H24BrN3O2. The number of hydrogen-bond donors (Lipinski definition) is 1. The number of nitrogens with zero attached hydrogens (tertiary/aromatic N) is 2. The van der Waals surface area contributed by atoms with Gasteiger partial charge < -0.3 is 19.4 Å². The van der Waals surface area contributed by atoms with E-state index in [9.17, 15) is 0 Å². The lowest BCUT2D eigenvalue weighted by Gasteiger charge is -2.13. The number of hydrogen-bond acceptors (Lipinski definition) is 4. The highest BCUT2D eigenvalue weighted by molar-refractivity contribution is 9.10. The molecule has 5 nitrogen and oxygen atoms in total. The van der Waals surface area contributed by atoms with Crippen molar-refractivity contribution in [2.75, 3.05) is 12.4 Å². The van der Waals surface area contributed by atoms with E-state index in [0.717, 1.165) is 38.6 Å². The standard InChI is InChI=1S/C25H24BrN3O2/c1-29-22(20-9-6-10-21(26)14-20)16-28-25(29)27-15-19-11-12-23(24(13-19)30-2)31-17-18-7-4-3-5-8-18/h3-14,16H,15,17H2,1-2H3,(H,27,28). The Labute approximate surface area is 190 Å². The highest BCUT2D eigenvalue weighted by Gasteiger charge is 2.10. The van der Waals surface area contributed by atoms with Crippen molar-refractivity contribution in [3.63, 3.8) is 0 Å². The molecule has 0 amide bonds.